The molecule has 1 amide bonds. The first-order chi connectivity index (χ1) is 14.5. The average molecular weight is 474 g/mol. The van der Waals surface area contributed by atoms with E-state index in [4.69, 9.17) is 23.2 Å². The Morgan fingerprint density at radius 3 is 2.68 bits per heavy atom. The molecule has 4 nitrogen and oxygen atoms in total. The van der Waals surface area contributed by atoms with Gasteiger partial charge in [-0.1, -0.05) is 30.1 Å². The van der Waals surface area contributed by atoms with E-state index in [0.29, 0.717) is 31.7 Å². The molecular formula is C24H25Cl2N3OS. The van der Waals surface area contributed by atoms with Gasteiger partial charge in [0.2, 0.25) is 0 Å². The Morgan fingerprint density at radius 2 is 1.97 bits per heavy atom. The summed E-state index contributed by atoms with van der Waals surface area (Å²) in [5, 5.41) is 4.27. The molecule has 1 saturated heterocycles. The number of fused-ring (bicyclic) bond motifs is 1. The summed E-state index contributed by atoms with van der Waals surface area (Å²) in [6.45, 7) is 8.94. The molecule has 2 aromatic rings. The number of aryl methyl sites for hydroxylation is 1. The summed E-state index contributed by atoms with van der Waals surface area (Å²) < 4.78 is 0. The molecular weight excluding hydrogens is 449 g/mol. The smallest absolute Gasteiger partial charge is 0.264 e. The minimum atomic E-state index is -0.146. The Labute approximate surface area is 197 Å². The third-order valence-corrected chi connectivity index (χ3v) is 7.74. The maximum absolute atomic E-state index is 12.6. The van der Waals surface area contributed by atoms with Crippen molar-refractivity contribution in [1.29, 1.82) is 0 Å². The van der Waals surface area contributed by atoms with Gasteiger partial charge >= 0.3 is 0 Å². The van der Waals surface area contributed by atoms with Gasteiger partial charge in [0.15, 0.2) is 5.17 Å². The van der Waals surface area contributed by atoms with Crippen molar-refractivity contribution >= 4 is 63.5 Å². The Bertz CT molecular complexity index is 1140. The Hall–Kier alpha value is -1.95. The molecule has 2 aliphatic heterocycles. The zero-order chi connectivity index (χ0) is 22.5. The van der Waals surface area contributed by atoms with Crippen LogP contribution < -0.4 is 10.2 Å². The van der Waals surface area contributed by atoms with Gasteiger partial charge in [-0.25, -0.2) is 4.99 Å². The monoisotopic (exact) mass is 473 g/mol. The number of nitrogens with one attached hydrogen (secondary N) is 1. The molecule has 0 aliphatic carbocycles. The summed E-state index contributed by atoms with van der Waals surface area (Å²) in [5.74, 6) is 0.308. The van der Waals surface area contributed by atoms with Crippen LogP contribution in [-0.4, -0.2) is 23.7 Å². The molecule has 0 spiro atoms. The quantitative estimate of drug-likeness (QED) is 0.481. The number of carbonyl (C=O) groups excluding carboxylic acids is 1. The first-order valence-corrected chi connectivity index (χ1v) is 11.8. The van der Waals surface area contributed by atoms with Gasteiger partial charge < -0.3 is 10.2 Å². The topological polar surface area (TPSA) is 44.7 Å². The second-order valence-corrected chi connectivity index (χ2v) is 10.7. The minimum absolute atomic E-state index is 0.121. The maximum atomic E-state index is 12.6. The molecule has 162 valence electrons. The molecule has 1 atom stereocenters. The van der Waals surface area contributed by atoms with Gasteiger partial charge in [-0.05, 0) is 98.0 Å². The van der Waals surface area contributed by atoms with E-state index in [-0.39, 0.29) is 11.4 Å². The van der Waals surface area contributed by atoms with Crippen molar-refractivity contribution < 1.29 is 4.79 Å². The third-order valence-electron chi connectivity index (χ3n) is 6.09. The molecule has 0 aromatic heterocycles. The molecule has 0 bridgehead atoms. The number of halogens is 2. The summed E-state index contributed by atoms with van der Waals surface area (Å²) in [6, 6.07) is 9.61. The molecule has 0 radical (unpaired) electrons. The number of benzene rings is 2. The van der Waals surface area contributed by atoms with Crippen LogP contribution in [0.1, 0.15) is 49.8 Å². The Balaban J connectivity index is 1.65. The molecule has 1 N–H and O–H groups in total. The average Bonchev–Trinajstić information content (AvgIpc) is 3.02. The molecule has 2 aromatic carbocycles. The SMILES string of the molecule is Cc1cc2c(cc1/C=C1/SC(=Nc3ccc(Cl)c(Cl)c3)NC1=O)C(C)CC(C)(C)N2C. The zero-order valence-electron chi connectivity index (χ0n) is 18.2. The van der Waals surface area contributed by atoms with E-state index < -0.39 is 0 Å². The number of amidine groups is 1. The third kappa shape index (κ3) is 4.36. The molecule has 4 rings (SSSR count). The predicted octanol–water partition coefficient (Wildman–Crippen LogP) is 6.92. The second-order valence-electron chi connectivity index (χ2n) is 8.82. The van der Waals surface area contributed by atoms with Crippen molar-refractivity contribution in [1.82, 2.24) is 5.32 Å². The van der Waals surface area contributed by atoms with Crippen LogP contribution in [-0.2, 0) is 4.79 Å². The van der Waals surface area contributed by atoms with Crippen LogP contribution in [0.3, 0.4) is 0 Å². The van der Waals surface area contributed by atoms with Gasteiger partial charge in [-0.15, -0.1) is 0 Å². The summed E-state index contributed by atoms with van der Waals surface area (Å²) in [5.41, 5.74) is 5.57. The summed E-state index contributed by atoms with van der Waals surface area (Å²) in [6.07, 6.45) is 3.05. The zero-order valence-corrected chi connectivity index (χ0v) is 20.5. The highest BCUT2D eigenvalue weighted by Gasteiger charge is 2.34. The van der Waals surface area contributed by atoms with E-state index >= 15 is 0 Å². The van der Waals surface area contributed by atoms with Crippen molar-refractivity contribution in [3.05, 3.63) is 62.0 Å². The molecule has 2 heterocycles. The lowest BCUT2D eigenvalue weighted by molar-refractivity contribution is -0.115. The van der Waals surface area contributed by atoms with E-state index in [2.05, 4.69) is 62.1 Å². The Kier molecular flexibility index (Phi) is 5.88. The minimum Gasteiger partial charge on any atom is -0.369 e. The lowest BCUT2D eigenvalue weighted by Crippen LogP contribution is -2.45. The van der Waals surface area contributed by atoms with E-state index in [1.54, 1.807) is 18.2 Å². The highest BCUT2D eigenvalue weighted by molar-refractivity contribution is 8.18. The normalized spacial score (nSPS) is 22.7. The van der Waals surface area contributed by atoms with Crippen LogP contribution in [0.4, 0.5) is 11.4 Å². The van der Waals surface area contributed by atoms with Crippen molar-refractivity contribution in [3.8, 4) is 0 Å². The fourth-order valence-corrected chi connectivity index (χ4v) is 5.31. The number of nitrogens with zero attached hydrogens (tertiary/aromatic N) is 2. The number of rotatable bonds is 2. The van der Waals surface area contributed by atoms with Crippen LogP contribution in [0.5, 0.6) is 0 Å². The summed E-state index contributed by atoms with van der Waals surface area (Å²) in [7, 11) is 2.16. The second kappa shape index (κ2) is 8.19. The fraction of sp³-hybridized carbons (Fsp3) is 0.333. The van der Waals surface area contributed by atoms with Crippen LogP contribution in [0.2, 0.25) is 10.0 Å². The van der Waals surface area contributed by atoms with Crippen LogP contribution in [0, 0.1) is 6.92 Å². The van der Waals surface area contributed by atoms with Gasteiger partial charge in [0.05, 0.1) is 20.6 Å². The van der Waals surface area contributed by atoms with Crippen molar-refractivity contribution in [2.24, 2.45) is 4.99 Å². The van der Waals surface area contributed by atoms with Gasteiger partial charge in [-0.3, -0.25) is 4.79 Å². The van der Waals surface area contributed by atoms with Crippen LogP contribution in [0.25, 0.3) is 6.08 Å². The van der Waals surface area contributed by atoms with Gasteiger partial charge in [-0.2, -0.15) is 0 Å². The van der Waals surface area contributed by atoms with Gasteiger partial charge in [0.25, 0.3) is 5.91 Å². The van der Waals surface area contributed by atoms with Gasteiger partial charge in [0.1, 0.15) is 0 Å². The Morgan fingerprint density at radius 1 is 1.23 bits per heavy atom. The summed E-state index contributed by atoms with van der Waals surface area (Å²) in [4.78, 5) is 20.0. The van der Waals surface area contributed by atoms with Crippen molar-refractivity contribution in [2.75, 3.05) is 11.9 Å². The highest BCUT2D eigenvalue weighted by Crippen LogP contribution is 2.44. The van der Waals surface area contributed by atoms with E-state index in [9.17, 15) is 4.79 Å². The molecule has 1 fully saturated rings. The lowest BCUT2D eigenvalue weighted by Gasteiger charge is -2.45. The van der Waals surface area contributed by atoms with Crippen molar-refractivity contribution in [3.63, 3.8) is 0 Å². The fourth-order valence-electron chi connectivity index (χ4n) is 4.18. The van der Waals surface area contributed by atoms with Gasteiger partial charge in [0, 0.05) is 18.3 Å². The number of thioether (sulfide) groups is 1. The number of anilines is 1. The van der Waals surface area contributed by atoms with E-state index in [1.165, 1.54) is 23.0 Å². The lowest BCUT2D eigenvalue weighted by atomic mass is 9.79. The first-order valence-electron chi connectivity index (χ1n) is 10.2. The number of carbonyl (C=O) groups is 1. The first kappa shape index (κ1) is 22.3. The molecule has 7 heteroatoms. The van der Waals surface area contributed by atoms with Crippen LogP contribution in [0.15, 0.2) is 40.2 Å². The molecule has 31 heavy (non-hydrogen) atoms. The van der Waals surface area contributed by atoms with E-state index in [1.807, 2.05) is 6.08 Å². The van der Waals surface area contributed by atoms with Crippen LogP contribution >= 0.6 is 35.0 Å². The predicted molar refractivity (Wildman–Crippen MR) is 134 cm³/mol. The standard InChI is InChI=1S/C24H25Cl2N3OS/c1-13-8-20-17(14(2)12-24(3,4)29(20)5)9-15(13)10-21-22(30)28-23(31-21)27-16-6-7-18(25)19(26)11-16/h6-11,14H,12H2,1-5H3,(H,27,28,30)/b21-10+. The number of amides is 1. The van der Waals surface area contributed by atoms with E-state index in [0.717, 1.165) is 17.5 Å². The highest BCUT2D eigenvalue weighted by atomic mass is 35.5. The summed E-state index contributed by atoms with van der Waals surface area (Å²) >= 11 is 13.4. The maximum Gasteiger partial charge on any atom is 0.264 e. The number of hydrogen-bond acceptors (Lipinski definition) is 4. The molecule has 0 saturated carbocycles. The van der Waals surface area contributed by atoms with Crippen molar-refractivity contribution in [2.45, 2.75) is 45.6 Å². The molecule has 2 aliphatic rings. The largest absolute Gasteiger partial charge is 0.369 e. The molecule has 1 unspecified atom stereocenters. The number of aliphatic imine (C=N–C) groups is 1. The number of hydrogen-bond donors (Lipinski definition) is 1.